The van der Waals surface area contributed by atoms with Crippen molar-refractivity contribution in [1.29, 1.82) is 0 Å². The Labute approximate surface area is 213 Å². The first-order valence-electron chi connectivity index (χ1n) is 12.4. The fourth-order valence-electron chi connectivity index (χ4n) is 4.89. The number of ether oxygens (including phenoxy) is 1. The summed E-state index contributed by atoms with van der Waals surface area (Å²) in [6.45, 7) is 3.33. The predicted octanol–water partition coefficient (Wildman–Crippen LogP) is 4.87. The highest BCUT2D eigenvalue weighted by Crippen LogP contribution is 2.43. The minimum absolute atomic E-state index is 0.00953. The van der Waals surface area contributed by atoms with Crippen molar-refractivity contribution in [3.63, 3.8) is 0 Å². The molecule has 2 amide bonds. The van der Waals surface area contributed by atoms with Crippen LogP contribution in [0.2, 0.25) is 0 Å². The summed E-state index contributed by atoms with van der Waals surface area (Å²) in [5.74, 6) is 0.208. The molecule has 188 valence electrons. The number of hydrogen-bond acceptors (Lipinski definition) is 4. The number of methoxy groups -OCH3 is 1. The summed E-state index contributed by atoms with van der Waals surface area (Å²) >= 11 is 0. The topological polar surface area (TPSA) is 61.9 Å². The van der Waals surface area contributed by atoms with Gasteiger partial charge >= 0.3 is 0 Å². The van der Waals surface area contributed by atoms with Gasteiger partial charge in [-0.05, 0) is 56.8 Å². The van der Waals surface area contributed by atoms with Crippen molar-refractivity contribution >= 4 is 17.5 Å². The van der Waals surface area contributed by atoms with E-state index in [1.807, 2.05) is 69.6 Å². The summed E-state index contributed by atoms with van der Waals surface area (Å²) in [5, 5.41) is 3.13. The van der Waals surface area contributed by atoms with Crippen LogP contribution in [0.3, 0.4) is 0 Å². The van der Waals surface area contributed by atoms with Crippen LogP contribution in [0.15, 0.2) is 72.8 Å². The Morgan fingerprint density at radius 2 is 1.67 bits per heavy atom. The molecule has 4 rings (SSSR count). The molecule has 3 aromatic rings. The fourth-order valence-corrected chi connectivity index (χ4v) is 4.89. The molecule has 1 aliphatic rings. The zero-order chi connectivity index (χ0) is 25.7. The predicted molar refractivity (Wildman–Crippen MR) is 143 cm³/mol. The highest BCUT2D eigenvalue weighted by atomic mass is 16.5. The summed E-state index contributed by atoms with van der Waals surface area (Å²) in [6, 6.07) is 23.4. The number of aryl methyl sites for hydroxylation is 1. The number of carbonyl (C=O) groups is 2. The van der Waals surface area contributed by atoms with E-state index in [0.29, 0.717) is 25.1 Å². The monoisotopic (exact) mass is 485 g/mol. The quantitative estimate of drug-likeness (QED) is 0.495. The van der Waals surface area contributed by atoms with E-state index in [2.05, 4.69) is 34.5 Å². The van der Waals surface area contributed by atoms with Crippen LogP contribution in [0, 0.1) is 12.8 Å². The van der Waals surface area contributed by atoms with Gasteiger partial charge in [-0.2, -0.15) is 0 Å². The van der Waals surface area contributed by atoms with Crippen molar-refractivity contribution in [1.82, 2.24) is 10.2 Å². The zero-order valence-electron chi connectivity index (χ0n) is 21.5. The third-order valence-corrected chi connectivity index (χ3v) is 6.69. The van der Waals surface area contributed by atoms with Gasteiger partial charge in [0, 0.05) is 30.8 Å². The van der Waals surface area contributed by atoms with Gasteiger partial charge in [0.15, 0.2) is 0 Å². The van der Waals surface area contributed by atoms with Crippen LogP contribution in [0.5, 0.6) is 5.75 Å². The average molecular weight is 486 g/mol. The smallest absolute Gasteiger partial charge is 0.227 e. The second kappa shape index (κ2) is 11.4. The second-order valence-electron chi connectivity index (χ2n) is 9.70. The van der Waals surface area contributed by atoms with Crippen molar-refractivity contribution in [2.75, 3.05) is 26.1 Å². The summed E-state index contributed by atoms with van der Waals surface area (Å²) in [5.41, 5.74) is 5.01. The Kier molecular flexibility index (Phi) is 8.06. The Hall–Kier alpha value is -3.64. The van der Waals surface area contributed by atoms with E-state index in [9.17, 15) is 9.59 Å². The molecular weight excluding hydrogens is 450 g/mol. The van der Waals surface area contributed by atoms with Crippen molar-refractivity contribution in [3.05, 3.63) is 95.1 Å². The molecule has 3 aromatic carbocycles. The van der Waals surface area contributed by atoms with Crippen LogP contribution in [-0.4, -0.2) is 37.9 Å². The molecule has 2 unspecified atom stereocenters. The van der Waals surface area contributed by atoms with Crippen molar-refractivity contribution in [2.24, 2.45) is 5.92 Å². The number of hydrogen-bond donors (Lipinski definition) is 1. The Balaban J connectivity index is 1.61. The van der Waals surface area contributed by atoms with E-state index in [0.717, 1.165) is 28.9 Å². The molecule has 0 spiro atoms. The molecule has 1 aliphatic heterocycles. The molecule has 36 heavy (non-hydrogen) atoms. The lowest BCUT2D eigenvalue weighted by Crippen LogP contribution is -2.48. The highest BCUT2D eigenvalue weighted by Gasteiger charge is 2.42. The normalized spacial score (nSPS) is 17.8. The molecule has 0 aromatic heterocycles. The van der Waals surface area contributed by atoms with Gasteiger partial charge < -0.3 is 19.9 Å². The van der Waals surface area contributed by atoms with Crippen LogP contribution in [0.1, 0.15) is 41.1 Å². The van der Waals surface area contributed by atoms with Crippen LogP contribution < -0.4 is 15.0 Å². The van der Waals surface area contributed by atoms with Gasteiger partial charge in [-0.1, -0.05) is 60.2 Å². The Morgan fingerprint density at radius 3 is 2.33 bits per heavy atom. The van der Waals surface area contributed by atoms with Crippen LogP contribution in [0.25, 0.3) is 0 Å². The molecule has 2 atom stereocenters. The lowest BCUT2D eigenvalue weighted by Gasteiger charge is -2.41. The Morgan fingerprint density at radius 1 is 1.00 bits per heavy atom. The number of amides is 2. The van der Waals surface area contributed by atoms with Crippen molar-refractivity contribution in [3.8, 4) is 5.75 Å². The number of anilines is 1. The first-order valence-corrected chi connectivity index (χ1v) is 12.4. The standard InChI is InChI=1S/C30H35N3O3/c1-21-9-15-24(16-10-21)33-28(34)18-17-26(29(33)25-7-5-6-8-27(25)36-4)30(35)31-19-22-11-13-23(14-12-22)20-32(2)3/h5-16,26,29H,17-20H2,1-4H3,(H,31,35). The average Bonchev–Trinajstić information content (AvgIpc) is 2.88. The second-order valence-corrected chi connectivity index (χ2v) is 9.70. The number of rotatable bonds is 8. The third kappa shape index (κ3) is 5.77. The number of benzene rings is 3. The van der Waals surface area contributed by atoms with Gasteiger partial charge in [-0.3, -0.25) is 9.59 Å². The lowest BCUT2D eigenvalue weighted by molar-refractivity contribution is -0.129. The van der Waals surface area contributed by atoms with Crippen LogP contribution in [-0.2, 0) is 22.7 Å². The molecule has 0 radical (unpaired) electrons. The largest absolute Gasteiger partial charge is 0.496 e. The van der Waals surface area contributed by atoms with Gasteiger partial charge in [-0.15, -0.1) is 0 Å². The summed E-state index contributed by atoms with van der Waals surface area (Å²) in [6.07, 6.45) is 0.800. The van der Waals surface area contributed by atoms with Gasteiger partial charge in [0.05, 0.1) is 19.1 Å². The first kappa shape index (κ1) is 25.5. The van der Waals surface area contributed by atoms with Crippen molar-refractivity contribution in [2.45, 2.75) is 38.9 Å². The summed E-state index contributed by atoms with van der Waals surface area (Å²) < 4.78 is 5.66. The number of nitrogens with zero attached hydrogens (tertiary/aromatic N) is 2. The maximum atomic E-state index is 13.6. The maximum absolute atomic E-state index is 13.6. The highest BCUT2D eigenvalue weighted by molar-refractivity contribution is 5.97. The fraction of sp³-hybridized carbons (Fsp3) is 0.333. The first-order chi connectivity index (χ1) is 17.4. The van der Waals surface area contributed by atoms with Gasteiger partial charge in [0.25, 0.3) is 0 Å². The molecule has 0 saturated carbocycles. The van der Waals surface area contributed by atoms with Gasteiger partial charge in [-0.25, -0.2) is 0 Å². The van der Waals surface area contributed by atoms with Gasteiger partial charge in [0.2, 0.25) is 11.8 Å². The number of piperidine rings is 1. The third-order valence-electron chi connectivity index (χ3n) is 6.69. The molecule has 1 heterocycles. The Bertz CT molecular complexity index is 1190. The summed E-state index contributed by atoms with van der Waals surface area (Å²) in [4.78, 5) is 30.8. The molecular formula is C30H35N3O3. The van der Waals surface area contributed by atoms with E-state index in [-0.39, 0.29) is 11.8 Å². The molecule has 1 saturated heterocycles. The molecule has 6 nitrogen and oxygen atoms in total. The number of para-hydroxylation sites is 1. The SMILES string of the molecule is COc1ccccc1C1C(C(=O)NCc2ccc(CN(C)C)cc2)CCC(=O)N1c1ccc(C)cc1. The molecule has 1 fully saturated rings. The van der Waals surface area contributed by atoms with E-state index < -0.39 is 12.0 Å². The van der Waals surface area contributed by atoms with E-state index in [1.54, 1.807) is 12.0 Å². The lowest BCUT2D eigenvalue weighted by atomic mass is 9.82. The van der Waals surface area contributed by atoms with Crippen LogP contribution in [0.4, 0.5) is 5.69 Å². The van der Waals surface area contributed by atoms with E-state index >= 15 is 0 Å². The van der Waals surface area contributed by atoms with Gasteiger partial charge in [0.1, 0.15) is 5.75 Å². The van der Waals surface area contributed by atoms with E-state index in [4.69, 9.17) is 4.74 Å². The van der Waals surface area contributed by atoms with E-state index in [1.165, 1.54) is 5.56 Å². The molecule has 1 N–H and O–H groups in total. The maximum Gasteiger partial charge on any atom is 0.227 e. The summed E-state index contributed by atoms with van der Waals surface area (Å²) in [7, 11) is 5.71. The molecule has 6 heteroatoms. The minimum Gasteiger partial charge on any atom is -0.496 e. The number of carbonyl (C=O) groups excluding carboxylic acids is 2. The molecule has 0 bridgehead atoms. The zero-order valence-corrected chi connectivity index (χ0v) is 21.5. The number of nitrogens with one attached hydrogen (secondary N) is 1. The molecule has 0 aliphatic carbocycles. The minimum atomic E-state index is -0.465. The van der Waals surface area contributed by atoms with Crippen LogP contribution >= 0.6 is 0 Å². The van der Waals surface area contributed by atoms with Crippen molar-refractivity contribution < 1.29 is 14.3 Å².